The average Bonchev–Trinajstić information content (AvgIpc) is 3.74. The molecule has 0 aromatic heterocycles. The molecule has 0 nitrogen and oxygen atoms in total. The topological polar surface area (TPSA) is 0 Å². The largest absolute Gasteiger partial charge is 1.00 e. The molecule has 1 aliphatic rings. The quantitative estimate of drug-likeness (QED) is 0.176. The van der Waals surface area contributed by atoms with E-state index in [9.17, 15) is 0 Å². The third kappa shape index (κ3) is 7.48. The van der Waals surface area contributed by atoms with Gasteiger partial charge in [0.1, 0.15) is 0 Å². The van der Waals surface area contributed by atoms with Crippen LogP contribution in [0, 0.1) is 6.07 Å². The third-order valence-electron chi connectivity index (χ3n) is 7.38. The molecule has 0 bridgehead atoms. The van der Waals surface area contributed by atoms with Gasteiger partial charge in [0.05, 0.1) is 0 Å². The van der Waals surface area contributed by atoms with E-state index in [-0.39, 0.29) is 24.8 Å². The maximum absolute atomic E-state index is 5.98. The van der Waals surface area contributed by atoms with Gasteiger partial charge in [-0.2, -0.15) is 18.2 Å². The molecular weight excluding hydrogens is 701 g/mol. The third-order valence-corrected chi connectivity index (χ3v) is 9.27. The number of benzene rings is 6. The molecule has 0 atom stereocenters. The van der Waals surface area contributed by atoms with Crippen molar-refractivity contribution >= 4 is 48.0 Å². The van der Waals surface area contributed by atoms with Gasteiger partial charge >= 0.3 is 120 Å². The van der Waals surface area contributed by atoms with Gasteiger partial charge in [0.15, 0.2) is 0 Å². The molecule has 0 fully saturated rings. The fourth-order valence-electron chi connectivity index (χ4n) is 5.50. The smallest absolute Gasteiger partial charge is 0.0240 e. The summed E-state index contributed by atoms with van der Waals surface area (Å²) in [6.45, 7) is 0. The van der Waals surface area contributed by atoms with Gasteiger partial charge in [-0.05, 0) is 28.5 Å². The molecule has 0 saturated carbocycles. The Kier molecular flexibility index (Phi) is 12.3. The Hall–Kier alpha value is -2.90. The van der Waals surface area contributed by atoms with Crippen LogP contribution in [0.2, 0.25) is 10.0 Å². The summed E-state index contributed by atoms with van der Waals surface area (Å²) in [4.78, 5) is 0. The Morgan fingerprint density at radius 3 is 1.84 bits per heavy atom. The standard InChI is InChI=1S/C21H13.C13H8Cl2.C5H5.2ClH.Zr/c1-2-8-15-14(7-1)13-20-18-11-4-3-9-16(18)17-10-5-6-12-19(17)21(15)20;14-12-5-1-3-10(8-12)7-11-4-2-6-13(15)9-11;1-2-4-5-3-1;;;/h1-10,12H,13H2;1-6,8-9H;1-5H;2*1H;/q-1;;-1;;;+2/p-2. The van der Waals surface area contributed by atoms with Gasteiger partial charge in [-0.15, -0.1) is 40.6 Å². The van der Waals surface area contributed by atoms with Crippen LogP contribution in [-0.2, 0) is 30.7 Å². The van der Waals surface area contributed by atoms with Crippen molar-refractivity contribution in [1.29, 1.82) is 0 Å². The van der Waals surface area contributed by atoms with Crippen molar-refractivity contribution < 1.29 is 49.0 Å². The van der Waals surface area contributed by atoms with Crippen LogP contribution in [0.3, 0.4) is 0 Å². The minimum atomic E-state index is 0. The number of rotatable bonds is 2. The maximum Gasteiger partial charge on any atom is -0.0240 e. The van der Waals surface area contributed by atoms with Gasteiger partial charge in [-0.1, -0.05) is 53.9 Å². The van der Waals surface area contributed by atoms with Gasteiger partial charge in [0.2, 0.25) is 0 Å². The summed E-state index contributed by atoms with van der Waals surface area (Å²) in [7, 11) is 0. The SMILES string of the molecule is Clc1cccc([C](=[Zr+2])c2cccc(Cl)c2)c1.[Cl-].[Cl-].[c-]1cccc2c1c1c(c3ccccc32)-c2ccccc2C1.c1cc[cH-]c1. The molecule has 216 valence electrons. The Morgan fingerprint density at radius 1 is 0.636 bits per heavy atom. The molecule has 0 radical (unpaired) electrons. The number of hydrogen-bond donors (Lipinski definition) is 0. The average molecular weight is 728 g/mol. The molecule has 0 unspecified atom stereocenters. The van der Waals surface area contributed by atoms with Gasteiger partial charge < -0.3 is 24.8 Å². The summed E-state index contributed by atoms with van der Waals surface area (Å²) >= 11 is 13.3. The van der Waals surface area contributed by atoms with Crippen LogP contribution in [0.5, 0.6) is 0 Å². The van der Waals surface area contributed by atoms with E-state index in [1.165, 1.54) is 71.2 Å². The van der Waals surface area contributed by atoms with E-state index in [1.807, 2.05) is 72.8 Å². The fraction of sp³-hybridized carbons (Fsp3) is 0.0256. The molecule has 8 rings (SSSR count). The first kappa shape index (κ1) is 34.0. The molecule has 44 heavy (non-hydrogen) atoms. The van der Waals surface area contributed by atoms with Gasteiger partial charge in [-0.25, -0.2) is 12.1 Å². The van der Waals surface area contributed by atoms with E-state index in [0.717, 1.165) is 27.6 Å². The molecule has 0 heterocycles. The van der Waals surface area contributed by atoms with Crippen molar-refractivity contribution in [1.82, 2.24) is 0 Å². The van der Waals surface area contributed by atoms with E-state index < -0.39 is 0 Å². The van der Waals surface area contributed by atoms with Crippen LogP contribution in [0.15, 0.2) is 146 Å². The van der Waals surface area contributed by atoms with Gasteiger partial charge in [0.25, 0.3) is 0 Å². The van der Waals surface area contributed by atoms with E-state index in [1.54, 1.807) is 0 Å². The first-order valence-corrected chi connectivity index (χ1v) is 15.8. The van der Waals surface area contributed by atoms with Crippen molar-refractivity contribution in [2.45, 2.75) is 6.42 Å². The molecular formula is C39H26Cl4Zr-2. The van der Waals surface area contributed by atoms with Crippen LogP contribution in [0.4, 0.5) is 0 Å². The normalized spacial score (nSPS) is 10.6. The first-order valence-electron chi connectivity index (χ1n) is 13.8. The predicted octanol–water partition coefficient (Wildman–Crippen LogP) is 4.89. The second-order valence-corrected chi connectivity index (χ2v) is 12.2. The second kappa shape index (κ2) is 15.9. The molecule has 5 heteroatoms. The predicted molar refractivity (Wildman–Crippen MR) is 177 cm³/mol. The zero-order chi connectivity index (χ0) is 28.9. The van der Waals surface area contributed by atoms with Crippen molar-refractivity contribution in [2.24, 2.45) is 0 Å². The maximum atomic E-state index is 5.98. The van der Waals surface area contributed by atoms with Crippen molar-refractivity contribution in [3.05, 3.63) is 184 Å². The van der Waals surface area contributed by atoms with E-state index in [4.69, 9.17) is 23.2 Å². The van der Waals surface area contributed by atoms with E-state index >= 15 is 0 Å². The molecule has 0 aliphatic heterocycles. The molecule has 0 spiro atoms. The monoisotopic (exact) mass is 724 g/mol. The minimum absolute atomic E-state index is 0. The number of hydrogen-bond acceptors (Lipinski definition) is 0. The van der Waals surface area contributed by atoms with Gasteiger partial charge in [-0.3, -0.25) is 0 Å². The van der Waals surface area contributed by atoms with Gasteiger partial charge in [0, 0.05) is 0 Å². The molecule has 7 aromatic carbocycles. The van der Waals surface area contributed by atoms with E-state index in [2.05, 4.69) is 78.9 Å². The zero-order valence-electron chi connectivity index (χ0n) is 23.6. The number of fused-ring (bicyclic) bond motifs is 8. The Balaban J connectivity index is 0.000000171. The summed E-state index contributed by atoms with van der Waals surface area (Å²) in [5.41, 5.74) is 7.99. The Morgan fingerprint density at radius 2 is 1.23 bits per heavy atom. The van der Waals surface area contributed by atoms with Crippen molar-refractivity contribution in [3.8, 4) is 11.1 Å². The molecule has 0 amide bonds. The Bertz CT molecular complexity index is 1950. The molecule has 1 aliphatic carbocycles. The minimum Gasteiger partial charge on any atom is -1.00 e. The second-order valence-electron chi connectivity index (χ2n) is 10.0. The summed E-state index contributed by atoms with van der Waals surface area (Å²) in [6, 6.07) is 53.1. The zero-order valence-corrected chi connectivity index (χ0v) is 29.1. The molecule has 0 saturated heterocycles. The summed E-state index contributed by atoms with van der Waals surface area (Å²) in [6.07, 6.45) is 1.02. The summed E-state index contributed by atoms with van der Waals surface area (Å²) in [5.74, 6) is 0. The van der Waals surface area contributed by atoms with E-state index in [0.29, 0.717) is 0 Å². The van der Waals surface area contributed by atoms with Crippen LogP contribution < -0.4 is 24.8 Å². The summed E-state index contributed by atoms with van der Waals surface area (Å²) in [5, 5.41) is 6.82. The fourth-order valence-corrected chi connectivity index (χ4v) is 6.65. The first-order chi connectivity index (χ1) is 20.6. The van der Waals surface area contributed by atoms with Crippen LogP contribution >= 0.6 is 23.2 Å². The van der Waals surface area contributed by atoms with Crippen molar-refractivity contribution in [2.75, 3.05) is 0 Å². The Labute approximate surface area is 296 Å². The van der Waals surface area contributed by atoms with Crippen molar-refractivity contribution in [3.63, 3.8) is 0 Å². The number of halogens is 4. The van der Waals surface area contributed by atoms with Crippen LogP contribution in [0.1, 0.15) is 22.3 Å². The summed E-state index contributed by atoms with van der Waals surface area (Å²) < 4.78 is 1.26. The van der Waals surface area contributed by atoms with Crippen LogP contribution in [0.25, 0.3) is 32.7 Å². The van der Waals surface area contributed by atoms with Crippen LogP contribution in [-0.4, -0.2) is 3.21 Å². The molecule has 0 N–H and O–H groups in total. The molecule has 7 aromatic rings.